The number of hydrogen-bond donors (Lipinski definition) is 1. The van der Waals surface area contributed by atoms with Crippen LogP contribution in [0.3, 0.4) is 0 Å². The predicted molar refractivity (Wildman–Crippen MR) is 67.1 cm³/mol. The zero-order valence-electron chi connectivity index (χ0n) is 9.64. The Labute approximate surface area is 96.9 Å². The molecule has 0 aliphatic rings. The SMILES string of the molecule is C[C@H]([NH3+])C(c1ccccc1)c1ccccc1. The molecule has 0 saturated carbocycles. The fourth-order valence-electron chi connectivity index (χ4n) is 2.17. The van der Waals surface area contributed by atoms with Crippen molar-refractivity contribution in [2.24, 2.45) is 0 Å². The molecule has 2 aromatic carbocycles. The van der Waals surface area contributed by atoms with E-state index in [9.17, 15) is 0 Å². The van der Waals surface area contributed by atoms with E-state index in [1.807, 2.05) is 0 Å². The number of quaternary nitrogens is 1. The number of rotatable bonds is 3. The van der Waals surface area contributed by atoms with Crippen LogP contribution in [0.15, 0.2) is 60.7 Å². The van der Waals surface area contributed by atoms with Gasteiger partial charge in [0.05, 0.1) is 12.0 Å². The molecule has 16 heavy (non-hydrogen) atoms. The Balaban J connectivity index is 2.40. The lowest BCUT2D eigenvalue weighted by atomic mass is 9.86. The van der Waals surface area contributed by atoms with Crippen molar-refractivity contribution < 1.29 is 5.73 Å². The third-order valence-corrected chi connectivity index (χ3v) is 2.89. The summed E-state index contributed by atoms with van der Waals surface area (Å²) in [7, 11) is 0. The molecule has 0 saturated heterocycles. The Bertz CT molecular complexity index is 380. The lowest BCUT2D eigenvalue weighted by molar-refractivity contribution is -0.417. The molecule has 3 N–H and O–H groups in total. The minimum absolute atomic E-state index is 0.366. The fourth-order valence-corrected chi connectivity index (χ4v) is 2.17. The number of benzene rings is 2. The molecule has 0 heterocycles. The van der Waals surface area contributed by atoms with Crippen molar-refractivity contribution in [1.29, 1.82) is 0 Å². The van der Waals surface area contributed by atoms with E-state index in [1.54, 1.807) is 0 Å². The molecule has 0 amide bonds. The molecular formula is C15H18N+. The quantitative estimate of drug-likeness (QED) is 0.809. The standard InChI is InChI=1S/C15H17N/c1-12(16)15(13-8-4-2-5-9-13)14-10-6-3-7-11-14/h2-12,15H,16H2,1H3/p+1/t12-/m0/s1. The highest BCUT2D eigenvalue weighted by atomic mass is 14.6. The first-order valence-electron chi connectivity index (χ1n) is 5.72. The predicted octanol–water partition coefficient (Wildman–Crippen LogP) is 2.45. The molecule has 1 nitrogen and oxygen atoms in total. The van der Waals surface area contributed by atoms with Gasteiger partial charge >= 0.3 is 0 Å². The van der Waals surface area contributed by atoms with Gasteiger partial charge in [-0.15, -0.1) is 0 Å². The Morgan fingerprint density at radius 1 is 0.750 bits per heavy atom. The second-order valence-electron chi connectivity index (χ2n) is 4.28. The molecule has 2 aromatic rings. The minimum Gasteiger partial charge on any atom is -0.355 e. The highest BCUT2D eigenvalue weighted by Crippen LogP contribution is 2.25. The van der Waals surface area contributed by atoms with Gasteiger partial charge in [0.2, 0.25) is 0 Å². The highest BCUT2D eigenvalue weighted by Gasteiger charge is 2.20. The van der Waals surface area contributed by atoms with Crippen LogP contribution in [0.5, 0.6) is 0 Å². The molecule has 2 rings (SSSR count). The summed E-state index contributed by atoms with van der Waals surface area (Å²) in [5, 5.41) is 0. The Morgan fingerprint density at radius 2 is 1.12 bits per heavy atom. The lowest BCUT2D eigenvalue weighted by Crippen LogP contribution is -2.61. The Kier molecular flexibility index (Phi) is 3.37. The van der Waals surface area contributed by atoms with Crippen molar-refractivity contribution in [1.82, 2.24) is 0 Å². The Hall–Kier alpha value is -1.60. The van der Waals surface area contributed by atoms with Crippen molar-refractivity contribution >= 4 is 0 Å². The van der Waals surface area contributed by atoms with Crippen LogP contribution in [0.2, 0.25) is 0 Å². The Morgan fingerprint density at radius 3 is 1.44 bits per heavy atom. The van der Waals surface area contributed by atoms with E-state index in [0.717, 1.165) is 0 Å². The fraction of sp³-hybridized carbons (Fsp3) is 0.200. The topological polar surface area (TPSA) is 27.6 Å². The summed E-state index contributed by atoms with van der Waals surface area (Å²) in [4.78, 5) is 0. The molecule has 0 spiro atoms. The van der Waals surface area contributed by atoms with Gasteiger partial charge in [0.1, 0.15) is 0 Å². The summed E-state index contributed by atoms with van der Waals surface area (Å²) in [6.07, 6.45) is 0. The normalized spacial score (nSPS) is 12.7. The maximum Gasteiger partial charge on any atom is 0.0925 e. The summed E-state index contributed by atoms with van der Waals surface area (Å²) in [6, 6.07) is 21.6. The van der Waals surface area contributed by atoms with E-state index in [-0.39, 0.29) is 0 Å². The van der Waals surface area contributed by atoms with Crippen molar-refractivity contribution in [2.45, 2.75) is 18.9 Å². The average molecular weight is 212 g/mol. The van der Waals surface area contributed by atoms with Crippen LogP contribution in [-0.4, -0.2) is 6.04 Å². The van der Waals surface area contributed by atoms with E-state index in [1.165, 1.54) is 11.1 Å². The minimum atomic E-state index is 0.366. The summed E-state index contributed by atoms with van der Waals surface area (Å²) in [5.41, 5.74) is 6.88. The van der Waals surface area contributed by atoms with Crippen LogP contribution < -0.4 is 5.73 Å². The first kappa shape index (κ1) is 10.9. The van der Waals surface area contributed by atoms with Crippen LogP contribution in [0.1, 0.15) is 24.0 Å². The first-order chi connectivity index (χ1) is 7.79. The van der Waals surface area contributed by atoms with Crippen molar-refractivity contribution in [3.63, 3.8) is 0 Å². The molecule has 82 valence electrons. The molecule has 0 bridgehead atoms. The van der Waals surface area contributed by atoms with E-state index in [2.05, 4.69) is 73.3 Å². The van der Waals surface area contributed by atoms with Crippen LogP contribution >= 0.6 is 0 Å². The van der Waals surface area contributed by atoms with Crippen LogP contribution in [0.25, 0.3) is 0 Å². The molecule has 1 heteroatoms. The zero-order valence-corrected chi connectivity index (χ0v) is 9.64. The van der Waals surface area contributed by atoms with Crippen molar-refractivity contribution in [3.8, 4) is 0 Å². The monoisotopic (exact) mass is 212 g/mol. The number of hydrogen-bond acceptors (Lipinski definition) is 0. The van der Waals surface area contributed by atoms with Gasteiger partial charge in [0, 0.05) is 0 Å². The molecule has 0 unspecified atom stereocenters. The first-order valence-corrected chi connectivity index (χ1v) is 5.72. The molecule has 1 atom stereocenters. The summed E-state index contributed by atoms with van der Waals surface area (Å²) in [6.45, 7) is 2.17. The third kappa shape index (κ3) is 2.31. The maximum atomic E-state index is 4.19. The van der Waals surface area contributed by atoms with Crippen LogP contribution in [0, 0.1) is 0 Å². The lowest BCUT2D eigenvalue weighted by Gasteiger charge is -2.19. The van der Waals surface area contributed by atoms with Gasteiger partial charge in [-0.3, -0.25) is 0 Å². The molecule has 0 aliphatic heterocycles. The highest BCUT2D eigenvalue weighted by molar-refractivity contribution is 5.33. The van der Waals surface area contributed by atoms with E-state index in [4.69, 9.17) is 0 Å². The average Bonchev–Trinajstić information content (AvgIpc) is 2.31. The second kappa shape index (κ2) is 4.95. The summed E-state index contributed by atoms with van der Waals surface area (Å²) in [5.74, 6) is 0.391. The van der Waals surface area contributed by atoms with Crippen molar-refractivity contribution in [3.05, 3.63) is 71.8 Å². The van der Waals surface area contributed by atoms with E-state index < -0.39 is 0 Å². The molecule has 0 aromatic heterocycles. The van der Waals surface area contributed by atoms with Crippen LogP contribution in [-0.2, 0) is 0 Å². The third-order valence-electron chi connectivity index (χ3n) is 2.89. The molecular weight excluding hydrogens is 194 g/mol. The van der Waals surface area contributed by atoms with Gasteiger partial charge in [-0.1, -0.05) is 60.7 Å². The molecule has 0 radical (unpaired) electrons. The van der Waals surface area contributed by atoms with Gasteiger partial charge in [-0.05, 0) is 18.1 Å². The van der Waals surface area contributed by atoms with E-state index >= 15 is 0 Å². The summed E-state index contributed by atoms with van der Waals surface area (Å²) >= 11 is 0. The zero-order chi connectivity index (χ0) is 11.4. The van der Waals surface area contributed by atoms with Gasteiger partial charge in [0.25, 0.3) is 0 Å². The molecule has 0 aliphatic carbocycles. The van der Waals surface area contributed by atoms with Gasteiger partial charge in [-0.2, -0.15) is 0 Å². The van der Waals surface area contributed by atoms with Crippen LogP contribution in [0.4, 0.5) is 0 Å². The van der Waals surface area contributed by atoms with E-state index in [0.29, 0.717) is 12.0 Å². The summed E-state index contributed by atoms with van der Waals surface area (Å²) < 4.78 is 0. The van der Waals surface area contributed by atoms with Gasteiger partial charge < -0.3 is 5.73 Å². The smallest absolute Gasteiger partial charge is 0.0925 e. The van der Waals surface area contributed by atoms with Gasteiger partial charge in [-0.25, -0.2) is 0 Å². The maximum absolute atomic E-state index is 4.19. The second-order valence-corrected chi connectivity index (χ2v) is 4.28. The van der Waals surface area contributed by atoms with Gasteiger partial charge in [0.15, 0.2) is 0 Å². The largest absolute Gasteiger partial charge is 0.355 e. The van der Waals surface area contributed by atoms with Crippen molar-refractivity contribution in [2.75, 3.05) is 0 Å². The molecule has 0 fully saturated rings.